The molecule has 4 N–H and O–H groups in total. The van der Waals surface area contributed by atoms with Crippen LogP contribution in [0.15, 0.2) is 54.9 Å². The van der Waals surface area contributed by atoms with Gasteiger partial charge in [-0.15, -0.1) is 11.3 Å². The number of anilines is 1. The molecular formula is C22H23N3O2S. The van der Waals surface area contributed by atoms with Crippen LogP contribution in [0.5, 0.6) is 5.75 Å². The fraction of sp³-hybridized carbons (Fsp3) is 0.273. The van der Waals surface area contributed by atoms with Crippen molar-refractivity contribution in [1.82, 2.24) is 4.98 Å². The number of aromatic nitrogens is 1. The van der Waals surface area contributed by atoms with E-state index in [1.165, 1.54) is 21.8 Å². The Labute approximate surface area is 168 Å². The fourth-order valence-corrected chi connectivity index (χ4v) is 5.43. The Balaban J connectivity index is 1.62. The second-order valence-corrected chi connectivity index (χ2v) is 8.35. The summed E-state index contributed by atoms with van der Waals surface area (Å²) in [5.74, 6) is 0.398. The van der Waals surface area contributed by atoms with Gasteiger partial charge in [-0.05, 0) is 48.9 Å². The molecule has 144 valence electrons. The molecule has 0 aliphatic heterocycles. The van der Waals surface area contributed by atoms with E-state index in [1.54, 1.807) is 12.4 Å². The van der Waals surface area contributed by atoms with E-state index in [0.29, 0.717) is 17.2 Å². The van der Waals surface area contributed by atoms with Crippen LogP contribution in [0.2, 0.25) is 0 Å². The lowest BCUT2D eigenvalue weighted by Gasteiger charge is -2.38. The van der Waals surface area contributed by atoms with Crippen molar-refractivity contribution in [2.24, 2.45) is 5.73 Å². The van der Waals surface area contributed by atoms with Gasteiger partial charge < -0.3 is 16.2 Å². The number of fused-ring (bicyclic) bond motifs is 1. The third-order valence-electron chi connectivity index (χ3n) is 5.60. The lowest BCUT2D eigenvalue weighted by atomic mass is 9.67. The van der Waals surface area contributed by atoms with Crippen molar-refractivity contribution in [2.45, 2.75) is 31.1 Å². The van der Waals surface area contributed by atoms with Crippen molar-refractivity contribution >= 4 is 22.2 Å². The number of hydrogen-bond acceptors (Lipinski definition) is 5. The standard InChI is InChI=1S/C22H23N3O2S/c23-20(26)19-17-6-9-22(14-18(17)28-21(19)24,15-4-2-1-3-5-15)10-13-27-16-7-11-25-12-8-16/h1-5,7-8,11-12H,6,9-10,13-14,24H2,(H2,23,26). The first-order chi connectivity index (χ1) is 13.6. The Morgan fingerprint density at radius 1 is 1.18 bits per heavy atom. The quantitative estimate of drug-likeness (QED) is 0.668. The van der Waals surface area contributed by atoms with Gasteiger partial charge >= 0.3 is 0 Å². The van der Waals surface area contributed by atoms with Crippen LogP contribution < -0.4 is 16.2 Å². The second-order valence-electron chi connectivity index (χ2n) is 7.21. The molecule has 5 nitrogen and oxygen atoms in total. The molecule has 2 aromatic heterocycles. The van der Waals surface area contributed by atoms with E-state index in [9.17, 15) is 4.79 Å². The van der Waals surface area contributed by atoms with Crippen LogP contribution in [0, 0.1) is 0 Å². The molecule has 1 atom stereocenters. The fourth-order valence-electron chi connectivity index (χ4n) is 4.17. The van der Waals surface area contributed by atoms with Crippen molar-refractivity contribution in [3.05, 3.63) is 76.4 Å². The van der Waals surface area contributed by atoms with Crippen LogP contribution in [0.1, 0.15) is 39.2 Å². The van der Waals surface area contributed by atoms with Crippen LogP contribution in [-0.2, 0) is 18.3 Å². The highest BCUT2D eigenvalue weighted by Crippen LogP contribution is 2.46. The number of ether oxygens (including phenoxy) is 1. The van der Waals surface area contributed by atoms with E-state index >= 15 is 0 Å². The Kier molecular flexibility index (Phi) is 5.05. The molecule has 6 heteroatoms. The van der Waals surface area contributed by atoms with Gasteiger partial charge in [0.1, 0.15) is 5.75 Å². The Bertz CT molecular complexity index is 972. The van der Waals surface area contributed by atoms with Gasteiger partial charge in [0, 0.05) is 22.7 Å². The number of carbonyl (C=O) groups excluding carboxylic acids is 1. The molecule has 1 aliphatic carbocycles. The average molecular weight is 394 g/mol. The number of nitrogens with two attached hydrogens (primary N) is 2. The zero-order valence-electron chi connectivity index (χ0n) is 15.6. The SMILES string of the molecule is NC(=O)c1c(N)sc2c1CCC(CCOc1ccncc1)(c1ccccc1)C2. The summed E-state index contributed by atoms with van der Waals surface area (Å²) in [6.07, 6.45) is 6.91. The molecular weight excluding hydrogens is 370 g/mol. The van der Waals surface area contributed by atoms with Crippen molar-refractivity contribution in [1.29, 1.82) is 0 Å². The first kappa shape index (κ1) is 18.5. The summed E-state index contributed by atoms with van der Waals surface area (Å²) in [5.41, 5.74) is 14.5. The lowest BCUT2D eigenvalue weighted by Crippen LogP contribution is -2.35. The van der Waals surface area contributed by atoms with E-state index in [1.807, 2.05) is 18.2 Å². The number of amides is 1. The molecule has 0 radical (unpaired) electrons. The number of nitrogens with zero attached hydrogens (tertiary/aromatic N) is 1. The molecule has 0 saturated heterocycles. The van der Waals surface area contributed by atoms with Gasteiger partial charge in [0.2, 0.25) is 0 Å². The molecule has 0 bridgehead atoms. The maximum atomic E-state index is 11.8. The maximum absolute atomic E-state index is 11.8. The molecule has 0 fully saturated rings. The number of primary amides is 1. The van der Waals surface area contributed by atoms with Gasteiger partial charge in [0.15, 0.2) is 0 Å². The number of rotatable bonds is 6. The largest absolute Gasteiger partial charge is 0.493 e. The number of nitrogen functional groups attached to an aromatic ring is 1. The molecule has 4 rings (SSSR count). The third-order valence-corrected chi connectivity index (χ3v) is 6.66. The molecule has 3 aromatic rings. The summed E-state index contributed by atoms with van der Waals surface area (Å²) in [5, 5.41) is 0.536. The number of benzene rings is 1. The Morgan fingerprint density at radius 2 is 1.93 bits per heavy atom. The minimum absolute atomic E-state index is 0.0481. The van der Waals surface area contributed by atoms with Crippen LogP contribution in [0.4, 0.5) is 5.00 Å². The van der Waals surface area contributed by atoms with E-state index in [-0.39, 0.29) is 5.41 Å². The molecule has 0 spiro atoms. The van der Waals surface area contributed by atoms with Crippen LogP contribution in [0.25, 0.3) is 0 Å². The van der Waals surface area contributed by atoms with Gasteiger partial charge in [0.05, 0.1) is 17.2 Å². The zero-order chi connectivity index (χ0) is 19.6. The van der Waals surface area contributed by atoms with Gasteiger partial charge in [-0.2, -0.15) is 0 Å². The summed E-state index contributed by atoms with van der Waals surface area (Å²) in [7, 11) is 0. The van der Waals surface area contributed by atoms with E-state index < -0.39 is 5.91 Å². The lowest BCUT2D eigenvalue weighted by molar-refractivity contribution is 0.1000. The van der Waals surface area contributed by atoms with E-state index in [0.717, 1.165) is 37.0 Å². The van der Waals surface area contributed by atoms with Gasteiger partial charge in [0.25, 0.3) is 5.91 Å². The normalized spacial score (nSPS) is 18.4. The van der Waals surface area contributed by atoms with Gasteiger partial charge in [-0.25, -0.2) is 0 Å². The minimum atomic E-state index is -0.428. The summed E-state index contributed by atoms with van der Waals surface area (Å²) in [4.78, 5) is 17.0. The van der Waals surface area contributed by atoms with Gasteiger partial charge in [-0.1, -0.05) is 30.3 Å². The predicted molar refractivity (Wildman–Crippen MR) is 112 cm³/mol. The van der Waals surface area contributed by atoms with Crippen molar-refractivity contribution in [3.63, 3.8) is 0 Å². The molecule has 2 heterocycles. The highest BCUT2D eigenvalue weighted by atomic mass is 32.1. The molecule has 1 aromatic carbocycles. The summed E-state index contributed by atoms with van der Waals surface area (Å²) in [6, 6.07) is 14.3. The second kappa shape index (κ2) is 7.64. The average Bonchev–Trinajstić information content (AvgIpc) is 3.04. The Hall–Kier alpha value is -2.86. The highest BCUT2D eigenvalue weighted by molar-refractivity contribution is 7.16. The number of hydrogen-bond donors (Lipinski definition) is 2. The zero-order valence-corrected chi connectivity index (χ0v) is 16.4. The van der Waals surface area contributed by atoms with Crippen molar-refractivity contribution < 1.29 is 9.53 Å². The molecule has 0 saturated carbocycles. The monoisotopic (exact) mass is 393 g/mol. The highest BCUT2D eigenvalue weighted by Gasteiger charge is 2.39. The van der Waals surface area contributed by atoms with Crippen LogP contribution in [0.3, 0.4) is 0 Å². The van der Waals surface area contributed by atoms with Crippen molar-refractivity contribution in [3.8, 4) is 5.75 Å². The summed E-state index contributed by atoms with van der Waals surface area (Å²) in [6.45, 7) is 0.609. The molecule has 1 unspecified atom stereocenters. The molecule has 1 aliphatic rings. The topological polar surface area (TPSA) is 91.2 Å². The summed E-state index contributed by atoms with van der Waals surface area (Å²) < 4.78 is 5.98. The van der Waals surface area contributed by atoms with Crippen LogP contribution in [-0.4, -0.2) is 17.5 Å². The number of carbonyl (C=O) groups is 1. The van der Waals surface area contributed by atoms with E-state index in [2.05, 4.69) is 29.2 Å². The number of pyridine rings is 1. The van der Waals surface area contributed by atoms with Crippen LogP contribution >= 0.6 is 11.3 Å². The summed E-state index contributed by atoms with van der Waals surface area (Å²) >= 11 is 1.50. The number of thiophene rings is 1. The molecule has 28 heavy (non-hydrogen) atoms. The maximum Gasteiger partial charge on any atom is 0.251 e. The van der Waals surface area contributed by atoms with Crippen molar-refractivity contribution in [2.75, 3.05) is 12.3 Å². The van der Waals surface area contributed by atoms with Gasteiger partial charge in [-0.3, -0.25) is 9.78 Å². The smallest absolute Gasteiger partial charge is 0.251 e. The predicted octanol–water partition coefficient (Wildman–Crippen LogP) is 3.72. The van der Waals surface area contributed by atoms with E-state index in [4.69, 9.17) is 16.2 Å². The first-order valence-corrected chi connectivity index (χ1v) is 10.2. The molecule has 1 amide bonds. The Morgan fingerprint density at radius 3 is 2.64 bits per heavy atom. The minimum Gasteiger partial charge on any atom is -0.493 e. The first-order valence-electron chi connectivity index (χ1n) is 9.37. The third kappa shape index (κ3) is 3.47.